The first-order valence-corrected chi connectivity index (χ1v) is 4.73. The summed E-state index contributed by atoms with van der Waals surface area (Å²) >= 11 is 0. The van der Waals surface area contributed by atoms with Crippen LogP contribution in [0.3, 0.4) is 0 Å². The maximum atomic E-state index is 4.02. The highest BCUT2D eigenvalue weighted by Gasteiger charge is 2.09. The Hall–Kier alpha value is -0.940. The molecule has 0 atom stereocenters. The van der Waals surface area contributed by atoms with E-state index in [1.165, 1.54) is 0 Å². The lowest BCUT2D eigenvalue weighted by Crippen LogP contribution is -2.44. The number of nitrogens with one attached hydrogen (secondary N) is 2. The third kappa shape index (κ3) is 2.50. The van der Waals surface area contributed by atoms with Gasteiger partial charge in [-0.25, -0.2) is 0 Å². The summed E-state index contributed by atoms with van der Waals surface area (Å²) < 4.78 is 0. The minimum atomic E-state index is 0.997. The summed E-state index contributed by atoms with van der Waals surface area (Å²) in [6.07, 6.45) is 2.79. The predicted octanol–water partition coefficient (Wildman–Crippen LogP) is -0.748. The number of aromatic amines is 1. The number of hydrogen-bond donors (Lipinski definition) is 2. The molecule has 5 heteroatoms. The van der Waals surface area contributed by atoms with Crippen LogP contribution in [0.15, 0.2) is 6.20 Å². The summed E-state index contributed by atoms with van der Waals surface area (Å²) in [7, 11) is 0. The Morgan fingerprint density at radius 3 is 2.92 bits per heavy atom. The predicted molar refractivity (Wildman–Crippen MR) is 49.4 cm³/mol. The molecule has 1 fully saturated rings. The van der Waals surface area contributed by atoms with Crippen molar-refractivity contribution in [2.24, 2.45) is 0 Å². The van der Waals surface area contributed by atoms with Crippen LogP contribution in [0.5, 0.6) is 0 Å². The molecule has 2 N–H and O–H groups in total. The molecular weight excluding hydrogens is 166 g/mol. The first kappa shape index (κ1) is 8.65. The lowest BCUT2D eigenvalue weighted by atomic mass is 10.3. The number of aromatic nitrogens is 3. The molecule has 1 aromatic heterocycles. The van der Waals surface area contributed by atoms with E-state index in [1.807, 2.05) is 0 Å². The SMILES string of the molecule is c1n[nH]nc1CCN1CCNCC1. The van der Waals surface area contributed by atoms with Crippen LogP contribution in [0.2, 0.25) is 0 Å². The average molecular weight is 181 g/mol. The number of H-pyrrole nitrogens is 1. The highest BCUT2D eigenvalue weighted by Crippen LogP contribution is 1.96. The lowest BCUT2D eigenvalue weighted by molar-refractivity contribution is 0.243. The molecule has 2 rings (SSSR count). The Morgan fingerprint density at radius 2 is 2.23 bits per heavy atom. The second kappa shape index (κ2) is 4.34. The molecule has 0 bridgehead atoms. The molecule has 5 nitrogen and oxygen atoms in total. The van der Waals surface area contributed by atoms with Crippen molar-refractivity contribution in [3.63, 3.8) is 0 Å². The van der Waals surface area contributed by atoms with Crippen LogP contribution in [0, 0.1) is 0 Å². The van der Waals surface area contributed by atoms with Crippen molar-refractivity contribution in [1.29, 1.82) is 0 Å². The first-order chi connectivity index (χ1) is 6.45. The van der Waals surface area contributed by atoms with Crippen LogP contribution in [-0.4, -0.2) is 53.0 Å². The molecule has 0 saturated carbocycles. The molecule has 0 radical (unpaired) electrons. The van der Waals surface area contributed by atoms with E-state index in [4.69, 9.17) is 0 Å². The molecule has 0 spiro atoms. The Kier molecular flexibility index (Phi) is 2.89. The van der Waals surface area contributed by atoms with E-state index in [0.29, 0.717) is 0 Å². The molecule has 1 saturated heterocycles. The summed E-state index contributed by atoms with van der Waals surface area (Å²) in [6, 6.07) is 0. The minimum absolute atomic E-state index is 0.997. The quantitative estimate of drug-likeness (QED) is 0.644. The van der Waals surface area contributed by atoms with Gasteiger partial charge in [0.15, 0.2) is 0 Å². The molecule has 0 aliphatic carbocycles. The Morgan fingerprint density at radius 1 is 1.38 bits per heavy atom. The largest absolute Gasteiger partial charge is 0.314 e. The van der Waals surface area contributed by atoms with E-state index >= 15 is 0 Å². The van der Waals surface area contributed by atoms with Crippen molar-refractivity contribution in [2.45, 2.75) is 6.42 Å². The van der Waals surface area contributed by atoms with Gasteiger partial charge in [-0.15, -0.1) is 0 Å². The minimum Gasteiger partial charge on any atom is -0.314 e. The van der Waals surface area contributed by atoms with E-state index in [-0.39, 0.29) is 0 Å². The zero-order chi connectivity index (χ0) is 8.93. The Bertz CT molecular complexity index is 227. The molecule has 72 valence electrons. The summed E-state index contributed by atoms with van der Waals surface area (Å²) in [5.74, 6) is 0. The van der Waals surface area contributed by atoms with Gasteiger partial charge in [-0.2, -0.15) is 15.4 Å². The fourth-order valence-corrected chi connectivity index (χ4v) is 1.55. The van der Waals surface area contributed by atoms with Crippen molar-refractivity contribution < 1.29 is 0 Å². The van der Waals surface area contributed by atoms with E-state index in [9.17, 15) is 0 Å². The zero-order valence-electron chi connectivity index (χ0n) is 7.66. The number of hydrogen-bond acceptors (Lipinski definition) is 4. The molecule has 1 aliphatic heterocycles. The third-order valence-electron chi connectivity index (χ3n) is 2.36. The summed E-state index contributed by atoms with van der Waals surface area (Å²) in [5, 5.41) is 13.8. The van der Waals surface area contributed by atoms with E-state index in [1.54, 1.807) is 6.20 Å². The highest BCUT2D eigenvalue weighted by atomic mass is 15.3. The van der Waals surface area contributed by atoms with Crippen LogP contribution >= 0.6 is 0 Å². The fourth-order valence-electron chi connectivity index (χ4n) is 1.55. The lowest BCUT2D eigenvalue weighted by Gasteiger charge is -2.26. The maximum absolute atomic E-state index is 4.02. The second-order valence-corrected chi connectivity index (χ2v) is 3.30. The van der Waals surface area contributed by atoms with Gasteiger partial charge in [0.2, 0.25) is 0 Å². The van der Waals surface area contributed by atoms with Crippen LogP contribution in [0.4, 0.5) is 0 Å². The van der Waals surface area contributed by atoms with Gasteiger partial charge < -0.3 is 10.2 Å². The molecular formula is C8H15N5. The monoisotopic (exact) mass is 181 g/mol. The molecule has 13 heavy (non-hydrogen) atoms. The summed E-state index contributed by atoms with van der Waals surface area (Å²) in [5.41, 5.74) is 1.05. The Balaban J connectivity index is 1.72. The third-order valence-corrected chi connectivity index (χ3v) is 2.36. The standard InChI is InChI=1S/C8H15N5/c1(8-7-10-12-11-8)4-13-5-2-9-3-6-13/h7,9H,1-6H2,(H,10,11,12). The maximum Gasteiger partial charge on any atom is 0.0837 e. The van der Waals surface area contributed by atoms with Gasteiger partial charge in [0.1, 0.15) is 0 Å². The van der Waals surface area contributed by atoms with E-state index in [0.717, 1.165) is 44.8 Å². The Labute approximate surface area is 77.5 Å². The van der Waals surface area contributed by atoms with Crippen LogP contribution in [-0.2, 0) is 6.42 Å². The van der Waals surface area contributed by atoms with Gasteiger partial charge in [-0.05, 0) is 0 Å². The van der Waals surface area contributed by atoms with Crippen molar-refractivity contribution in [3.05, 3.63) is 11.9 Å². The normalized spacial score (nSPS) is 19.1. The molecule has 0 unspecified atom stereocenters. The van der Waals surface area contributed by atoms with Gasteiger partial charge in [0.05, 0.1) is 11.9 Å². The van der Waals surface area contributed by atoms with Gasteiger partial charge >= 0.3 is 0 Å². The number of nitrogens with zero attached hydrogens (tertiary/aromatic N) is 3. The number of piperazine rings is 1. The van der Waals surface area contributed by atoms with Crippen molar-refractivity contribution in [3.8, 4) is 0 Å². The van der Waals surface area contributed by atoms with Crippen molar-refractivity contribution in [1.82, 2.24) is 25.6 Å². The summed E-state index contributed by atoms with van der Waals surface area (Å²) in [6.45, 7) is 5.61. The molecule has 1 aliphatic rings. The van der Waals surface area contributed by atoms with Crippen LogP contribution < -0.4 is 5.32 Å². The van der Waals surface area contributed by atoms with Gasteiger partial charge in [0.25, 0.3) is 0 Å². The smallest absolute Gasteiger partial charge is 0.0837 e. The second-order valence-electron chi connectivity index (χ2n) is 3.30. The van der Waals surface area contributed by atoms with Crippen LogP contribution in [0.25, 0.3) is 0 Å². The van der Waals surface area contributed by atoms with Crippen LogP contribution in [0.1, 0.15) is 5.69 Å². The summed E-state index contributed by atoms with van der Waals surface area (Å²) in [4.78, 5) is 2.45. The van der Waals surface area contributed by atoms with Gasteiger partial charge in [0, 0.05) is 39.1 Å². The topological polar surface area (TPSA) is 56.8 Å². The fraction of sp³-hybridized carbons (Fsp3) is 0.750. The molecule has 0 amide bonds. The molecule has 2 heterocycles. The van der Waals surface area contributed by atoms with Gasteiger partial charge in [-0.1, -0.05) is 0 Å². The molecule has 0 aromatic carbocycles. The first-order valence-electron chi connectivity index (χ1n) is 4.73. The van der Waals surface area contributed by atoms with E-state index < -0.39 is 0 Å². The number of rotatable bonds is 3. The van der Waals surface area contributed by atoms with E-state index in [2.05, 4.69) is 25.6 Å². The molecule has 1 aromatic rings. The highest BCUT2D eigenvalue weighted by molar-refractivity contribution is 4.91. The van der Waals surface area contributed by atoms with Gasteiger partial charge in [-0.3, -0.25) is 0 Å². The zero-order valence-corrected chi connectivity index (χ0v) is 7.66. The average Bonchev–Trinajstić information content (AvgIpc) is 2.69. The van der Waals surface area contributed by atoms with Crippen molar-refractivity contribution >= 4 is 0 Å². The van der Waals surface area contributed by atoms with Crippen molar-refractivity contribution in [2.75, 3.05) is 32.7 Å².